The number of aryl methyl sites for hydroxylation is 2. The summed E-state index contributed by atoms with van der Waals surface area (Å²) in [6, 6.07) is 18.1. The Kier molecular flexibility index (Phi) is 5.19. The summed E-state index contributed by atoms with van der Waals surface area (Å²) < 4.78 is 11.7. The number of ether oxygens (including phenoxy) is 2. The lowest BCUT2D eigenvalue weighted by atomic mass is 10.0. The summed E-state index contributed by atoms with van der Waals surface area (Å²) >= 11 is 5.23. The van der Waals surface area contributed by atoms with Gasteiger partial charge in [0.15, 0.2) is 0 Å². The SMILES string of the molecule is Cc1cc(C)cc(OCCOc2ccc3ccccc3c2C(N)=S)c1. The second-order valence-corrected chi connectivity index (χ2v) is 6.48. The minimum Gasteiger partial charge on any atom is -0.490 e. The molecule has 0 aliphatic heterocycles. The van der Waals surface area contributed by atoms with Gasteiger partial charge >= 0.3 is 0 Å². The van der Waals surface area contributed by atoms with E-state index in [1.54, 1.807) is 0 Å². The third kappa shape index (κ3) is 4.09. The largest absolute Gasteiger partial charge is 0.490 e. The fourth-order valence-electron chi connectivity index (χ4n) is 2.95. The standard InChI is InChI=1S/C21H21NO2S/c1-14-11-15(2)13-17(12-14)23-9-10-24-19-8-7-16-5-3-4-6-18(16)20(19)21(22)25/h3-8,11-13H,9-10H2,1-2H3,(H2,22,25). The molecule has 0 bridgehead atoms. The maximum absolute atomic E-state index is 5.93. The molecule has 0 unspecified atom stereocenters. The van der Waals surface area contributed by atoms with Crippen molar-refractivity contribution in [2.75, 3.05) is 13.2 Å². The first kappa shape index (κ1) is 17.2. The Balaban J connectivity index is 1.71. The molecule has 3 aromatic carbocycles. The number of thiocarbonyl (C=S) groups is 1. The van der Waals surface area contributed by atoms with Crippen LogP contribution < -0.4 is 15.2 Å². The van der Waals surface area contributed by atoms with Crippen LogP contribution in [-0.2, 0) is 0 Å². The Bertz CT molecular complexity index is 901. The third-order valence-electron chi connectivity index (χ3n) is 3.94. The van der Waals surface area contributed by atoms with Crippen molar-refractivity contribution in [2.24, 2.45) is 5.73 Å². The Labute approximate surface area is 153 Å². The van der Waals surface area contributed by atoms with Gasteiger partial charge in [0.2, 0.25) is 0 Å². The maximum Gasteiger partial charge on any atom is 0.130 e. The molecule has 3 aromatic rings. The van der Waals surface area contributed by atoms with Gasteiger partial charge in [-0.3, -0.25) is 0 Å². The fraction of sp³-hybridized carbons (Fsp3) is 0.190. The smallest absolute Gasteiger partial charge is 0.130 e. The summed E-state index contributed by atoms with van der Waals surface area (Å²) in [7, 11) is 0. The van der Waals surface area contributed by atoms with Crippen LogP contribution in [0.2, 0.25) is 0 Å². The van der Waals surface area contributed by atoms with Crippen molar-refractivity contribution in [1.82, 2.24) is 0 Å². The van der Waals surface area contributed by atoms with Crippen molar-refractivity contribution < 1.29 is 9.47 Å². The molecule has 0 saturated heterocycles. The molecule has 0 fully saturated rings. The van der Waals surface area contributed by atoms with E-state index in [0.717, 1.165) is 22.1 Å². The first-order valence-corrected chi connectivity index (χ1v) is 8.61. The Morgan fingerprint density at radius 3 is 2.32 bits per heavy atom. The highest BCUT2D eigenvalue weighted by Crippen LogP contribution is 2.28. The van der Waals surface area contributed by atoms with Crippen LogP contribution in [0.3, 0.4) is 0 Å². The summed E-state index contributed by atoms with van der Waals surface area (Å²) in [4.78, 5) is 0.335. The van der Waals surface area contributed by atoms with E-state index in [4.69, 9.17) is 27.4 Å². The molecular weight excluding hydrogens is 330 g/mol. The van der Waals surface area contributed by atoms with Gasteiger partial charge in [0.25, 0.3) is 0 Å². The van der Waals surface area contributed by atoms with Crippen LogP contribution in [0.25, 0.3) is 10.8 Å². The lowest BCUT2D eigenvalue weighted by molar-refractivity contribution is 0.217. The lowest BCUT2D eigenvalue weighted by Crippen LogP contribution is -2.15. The van der Waals surface area contributed by atoms with E-state index in [2.05, 4.69) is 19.9 Å². The van der Waals surface area contributed by atoms with E-state index in [0.29, 0.717) is 24.0 Å². The van der Waals surface area contributed by atoms with Gasteiger partial charge in [0.05, 0.1) is 5.56 Å². The van der Waals surface area contributed by atoms with Gasteiger partial charge in [-0.05, 0) is 53.9 Å². The molecule has 3 nitrogen and oxygen atoms in total. The van der Waals surface area contributed by atoms with Crippen LogP contribution in [0.5, 0.6) is 11.5 Å². The molecule has 128 valence electrons. The minimum absolute atomic E-state index is 0.335. The topological polar surface area (TPSA) is 44.5 Å². The molecule has 0 spiro atoms. The summed E-state index contributed by atoms with van der Waals surface area (Å²) in [5, 5.41) is 2.09. The van der Waals surface area contributed by atoms with Crippen molar-refractivity contribution in [2.45, 2.75) is 13.8 Å². The van der Waals surface area contributed by atoms with Gasteiger partial charge in [-0.15, -0.1) is 0 Å². The van der Waals surface area contributed by atoms with E-state index in [9.17, 15) is 0 Å². The third-order valence-corrected chi connectivity index (χ3v) is 4.15. The summed E-state index contributed by atoms with van der Waals surface area (Å²) in [6.45, 7) is 4.98. The minimum atomic E-state index is 0.335. The molecule has 0 heterocycles. The Morgan fingerprint density at radius 2 is 1.60 bits per heavy atom. The monoisotopic (exact) mass is 351 g/mol. The first-order valence-electron chi connectivity index (χ1n) is 8.20. The van der Waals surface area contributed by atoms with Gasteiger partial charge in [0, 0.05) is 0 Å². The number of rotatable bonds is 6. The Hall–Kier alpha value is -2.59. The normalized spacial score (nSPS) is 10.6. The number of hydrogen-bond donors (Lipinski definition) is 1. The number of hydrogen-bond acceptors (Lipinski definition) is 3. The number of fused-ring (bicyclic) bond motifs is 1. The molecule has 4 heteroatoms. The van der Waals surface area contributed by atoms with Gasteiger partial charge in [0.1, 0.15) is 29.7 Å². The molecule has 0 aromatic heterocycles. The highest BCUT2D eigenvalue weighted by molar-refractivity contribution is 7.80. The highest BCUT2D eigenvalue weighted by atomic mass is 32.1. The summed E-state index contributed by atoms with van der Waals surface area (Å²) in [6.07, 6.45) is 0. The number of nitrogens with two attached hydrogens (primary N) is 1. The Morgan fingerprint density at radius 1 is 0.920 bits per heavy atom. The van der Waals surface area contributed by atoms with Gasteiger partial charge in [-0.25, -0.2) is 0 Å². The molecule has 3 rings (SSSR count). The zero-order valence-corrected chi connectivity index (χ0v) is 15.2. The number of benzene rings is 3. The fourth-order valence-corrected chi connectivity index (χ4v) is 3.16. The quantitative estimate of drug-likeness (QED) is 0.523. The van der Waals surface area contributed by atoms with E-state index in [1.165, 1.54) is 11.1 Å². The van der Waals surface area contributed by atoms with Crippen molar-refractivity contribution in [3.63, 3.8) is 0 Å². The zero-order valence-electron chi connectivity index (χ0n) is 14.4. The second kappa shape index (κ2) is 7.53. The van der Waals surface area contributed by atoms with Crippen LogP contribution in [-0.4, -0.2) is 18.2 Å². The molecule has 0 saturated carbocycles. The van der Waals surface area contributed by atoms with Crippen LogP contribution in [0.1, 0.15) is 16.7 Å². The van der Waals surface area contributed by atoms with Gasteiger partial charge in [-0.2, -0.15) is 0 Å². The average Bonchev–Trinajstić information content (AvgIpc) is 2.57. The van der Waals surface area contributed by atoms with Crippen molar-refractivity contribution in [1.29, 1.82) is 0 Å². The van der Waals surface area contributed by atoms with Crippen LogP contribution in [0, 0.1) is 13.8 Å². The lowest BCUT2D eigenvalue weighted by Gasteiger charge is -2.14. The zero-order chi connectivity index (χ0) is 17.8. The van der Waals surface area contributed by atoms with Crippen molar-refractivity contribution >= 4 is 28.0 Å². The van der Waals surface area contributed by atoms with Gasteiger partial charge in [-0.1, -0.05) is 48.6 Å². The van der Waals surface area contributed by atoms with E-state index < -0.39 is 0 Å². The van der Waals surface area contributed by atoms with Crippen LogP contribution in [0.4, 0.5) is 0 Å². The molecule has 2 N–H and O–H groups in total. The molecular formula is C21H21NO2S. The van der Waals surface area contributed by atoms with Crippen molar-refractivity contribution in [3.8, 4) is 11.5 Å². The summed E-state index contributed by atoms with van der Waals surface area (Å²) in [5.41, 5.74) is 9.07. The second-order valence-electron chi connectivity index (χ2n) is 6.04. The van der Waals surface area contributed by atoms with Gasteiger partial charge < -0.3 is 15.2 Å². The first-order chi connectivity index (χ1) is 12.0. The van der Waals surface area contributed by atoms with Crippen LogP contribution >= 0.6 is 12.2 Å². The summed E-state index contributed by atoms with van der Waals surface area (Å²) in [5.74, 6) is 1.55. The highest BCUT2D eigenvalue weighted by Gasteiger charge is 2.11. The maximum atomic E-state index is 5.93. The molecule has 25 heavy (non-hydrogen) atoms. The van der Waals surface area contributed by atoms with E-state index in [1.807, 2.05) is 48.5 Å². The van der Waals surface area contributed by atoms with E-state index >= 15 is 0 Å². The predicted octanol–water partition coefficient (Wildman–Crippen LogP) is 4.55. The van der Waals surface area contributed by atoms with Crippen molar-refractivity contribution in [3.05, 3.63) is 71.3 Å². The molecule has 0 radical (unpaired) electrons. The molecule has 0 amide bonds. The molecule has 0 aliphatic rings. The van der Waals surface area contributed by atoms with Crippen LogP contribution in [0.15, 0.2) is 54.6 Å². The van der Waals surface area contributed by atoms with E-state index in [-0.39, 0.29) is 0 Å². The predicted molar refractivity (Wildman–Crippen MR) is 107 cm³/mol. The molecule has 0 atom stereocenters. The molecule has 0 aliphatic carbocycles. The average molecular weight is 351 g/mol.